The summed E-state index contributed by atoms with van der Waals surface area (Å²) in [5.74, 6) is -2.48. The van der Waals surface area contributed by atoms with Gasteiger partial charge in [-0.3, -0.25) is 0 Å². The number of nitrogen functional groups attached to an aromatic ring is 1. The van der Waals surface area contributed by atoms with E-state index in [0.717, 1.165) is 12.1 Å². The molecule has 2 aromatic rings. The van der Waals surface area contributed by atoms with Crippen molar-refractivity contribution in [2.75, 3.05) is 5.73 Å². The molecule has 0 saturated heterocycles. The van der Waals surface area contributed by atoms with Gasteiger partial charge in [0.2, 0.25) is 0 Å². The Morgan fingerprint density at radius 3 is 1.81 bits per heavy atom. The topological polar surface area (TPSA) is 26.0 Å². The molecule has 2 rings (SSSR count). The lowest BCUT2D eigenvalue weighted by molar-refractivity contribution is 0.509. The zero-order valence-corrected chi connectivity index (χ0v) is 8.18. The first-order valence-electron chi connectivity index (χ1n) is 4.58. The van der Waals surface area contributed by atoms with Crippen molar-refractivity contribution in [2.24, 2.45) is 0 Å². The molecule has 0 radical (unpaired) electrons. The third-order valence-corrected chi connectivity index (χ3v) is 2.25. The van der Waals surface area contributed by atoms with Crippen molar-refractivity contribution in [2.45, 2.75) is 0 Å². The Balaban J connectivity index is 2.50. The van der Waals surface area contributed by atoms with Crippen molar-refractivity contribution >= 4 is 5.69 Å². The average molecular weight is 223 g/mol. The second kappa shape index (κ2) is 3.89. The lowest BCUT2D eigenvalue weighted by Gasteiger charge is -2.04. The van der Waals surface area contributed by atoms with Crippen LogP contribution in [0.25, 0.3) is 11.1 Å². The molecule has 0 unspecified atom stereocenters. The van der Waals surface area contributed by atoms with Crippen LogP contribution in [0.1, 0.15) is 0 Å². The highest BCUT2D eigenvalue weighted by Gasteiger charge is 2.06. The molecule has 0 fully saturated rings. The van der Waals surface area contributed by atoms with Crippen LogP contribution in [-0.4, -0.2) is 0 Å². The Bertz CT molecular complexity index is 488. The van der Waals surface area contributed by atoms with Gasteiger partial charge in [0.1, 0.15) is 5.82 Å². The van der Waals surface area contributed by atoms with Gasteiger partial charge in [-0.05, 0) is 35.4 Å². The first kappa shape index (κ1) is 10.5. The molecule has 0 bridgehead atoms. The van der Waals surface area contributed by atoms with Crippen molar-refractivity contribution in [3.8, 4) is 11.1 Å². The molecule has 4 heteroatoms. The van der Waals surface area contributed by atoms with Gasteiger partial charge in [-0.1, -0.05) is 12.1 Å². The molecule has 0 aliphatic rings. The summed E-state index contributed by atoms with van der Waals surface area (Å²) in [7, 11) is 0. The van der Waals surface area contributed by atoms with E-state index in [1.165, 1.54) is 18.2 Å². The Morgan fingerprint density at radius 1 is 0.688 bits per heavy atom. The minimum absolute atomic E-state index is 0.0198. The van der Waals surface area contributed by atoms with Crippen LogP contribution in [0, 0.1) is 17.5 Å². The van der Waals surface area contributed by atoms with Gasteiger partial charge in [-0.25, -0.2) is 13.2 Å². The number of benzene rings is 2. The normalized spacial score (nSPS) is 10.4. The molecule has 16 heavy (non-hydrogen) atoms. The second-order valence-electron chi connectivity index (χ2n) is 3.37. The number of hydrogen-bond donors (Lipinski definition) is 1. The van der Waals surface area contributed by atoms with Gasteiger partial charge in [0.25, 0.3) is 0 Å². The van der Waals surface area contributed by atoms with Crippen LogP contribution in [0.15, 0.2) is 36.4 Å². The summed E-state index contributed by atoms with van der Waals surface area (Å²) in [6.45, 7) is 0. The molecular weight excluding hydrogens is 215 g/mol. The van der Waals surface area contributed by atoms with Gasteiger partial charge in [0.05, 0.1) is 5.69 Å². The predicted octanol–water partition coefficient (Wildman–Crippen LogP) is 3.35. The van der Waals surface area contributed by atoms with E-state index in [2.05, 4.69) is 0 Å². The van der Waals surface area contributed by atoms with Crippen LogP contribution in [0.3, 0.4) is 0 Å². The summed E-state index contributed by atoms with van der Waals surface area (Å²) in [6.07, 6.45) is 0. The highest BCUT2D eigenvalue weighted by molar-refractivity contribution is 5.65. The summed E-state index contributed by atoms with van der Waals surface area (Å²) < 4.78 is 38.8. The third kappa shape index (κ3) is 1.86. The van der Waals surface area contributed by atoms with Crippen LogP contribution in [-0.2, 0) is 0 Å². The monoisotopic (exact) mass is 223 g/mol. The maximum absolute atomic E-state index is 13.2. The SMILES string of the molecule is Nc1ccc(-c2ccc(F)c(F)c2)cc1F. The quantitative estimate of drug-likeness (QED) is 0.737. The van der Waals surface area contributed by atoms with E-state index < -0.39 is 17.5 Å². The first-order chi connectivity index (χ1) is 7.58. The molecule has 0 atom stereocenters. The van der Waals surface area contributed by atoms with Crippen LogP contribution in [0.2, 0.25) is 0 Å². The lowest BCUT2D eigenvalue weighted by Crippen LogP contribution is -1.91. The van der Waals surface area contributed by atoms with Crippen molar-refractivity contribution < 1.29 is 13.2 Å². The average Bonchev–Trinajstić information content (AvgIpc) is 2.26. The molecule has 1 nitrogen and oxygen atoms in total. The third-order valence-electron chi connectivity index (χ3n) is 2.25. The van der Waals surface area contributed by atoms with E-state index in [1.54, 1.807) is 6.07 Å². The summed E-state index contributed by atoms with van der Waals surface area (Å²) in [6, 6.07) is 7.50. The predicted molar refractivity (Wildman–Crippen MR) is 56.2 cm³/mol. The molecule has 0 spiro atoms. The van der Waals surface area contributed by atoms with Crippen molar-refractivity contribution in [3.05, 3.63) is 53.8 Å². The molecule has 0 aliphatic carbocycles. The van der Waals surface area contributed by atoms with Gasteiger partial charge in [-0.2, -0.15) is 0 Å². The maximum atomic E-state index is 13.2. The largest absolute Gasteiger partial charge is 0.396 e. The fourth-order valence-corrected chi connectivity index (χ4v) is 1.38. The smallest absolute Gasteiger partial charge is 0.159 e. The van der Waals surface area contributed by atoms with E-state index in [9.17, 15) is 13.2 Å². The molecule has 82 valence electrons. The number of halogens is 3. The standard InChI is InChI=1S/C12H8F3N/c13-9-3-1-7(5-10(9)14)8-2-4-12(16)11(15)6-8/h1-6H,16H2. The Morgan fingerprint density at radius 2 is 1.25 bits per heavy atom. The van der Waals surface area contributed by atoms with Crippen molar-refractivity contribution in [1.29, 1.82) is 0 Å². The fourth-order valence-electron chi connectivity index (χ4n) is 1.38. The highest BCUT2D eigenvalue weighted by Crippen LogP contribution is 2.24. The van der Waals surface area contributed by atoms with Gasteiger partial charge < -0.3 is 5.73 Å². The lowest BCUT2D eigenvalue weighted by atomic mass is 10.0. The first-order valence-corrected chi connectivity index (χ1v) is 4.58. The summed E-state index contributed by atoms with van der Waals surface area (Å²) >= 11 is 0. The van der Waals surface area contributed by atoms with E-state index in [1.807, 2.05) is 0 Å². The van der Waals surface area contributed by atoms with Gasteiger partial charge in [0.15, 0.2) is 11.6 Å². The summed E-state index contributed by atoms with van der Waals surface area (Å²) in [4.78, 5) is 0. The minimum atomic E-state index is -0.963. The number of rotatable bonds is 1. The molecule has 0 amide bonds. The molecule has 0 aromatic heterocycles. The van der Waals surface area contributed by atoms with Crippen molar-refractivity contribution in [1.82, 2.24) is 0 Å². The zero-order chi connectivity index (χ0) is 11.7. The van der Waals surface area contributed by atoms with E-state index in [0.29, 0.717) is 11.1 Å². The van der Waals surface area contributed by atoms with E-state index in [-0.39, 0.29) is 5.69 Å². The maximum Gasteiger partial charge on any atom is 0.159 e. The zero-order valence-electron chi connectivity index (χ0n) is 8.18. The van der Waals surface area contributed by atoms with Crippen LogP contribution in [0.4, 0.5) is 18.9 Å². The number of nitrogens with two attached hydrogens (primary N) is 1. The highest BCUT2D eigenvalue weighted by atomic mass is 19.2. The number of anilines is 1. The fraction of sp³-hybridized carbons (Fsp3) is 0. The second-order valence-corrected chi connectivity index (χ2v) is 3.37. The molecule has 2 aromatic carbocycles. The van der Waals surface area contributed by atoms with Crippen LogP contribution < -0.4 is 5.73 Å². The Labute approximate surface area is 90.3 Å². The van der Waals surface area contributed by atoms with Gasteiger partial charge in [0, 0.05) is 0 Å². The van der Waals surface area contributed by atoms with E-state index >= 15 is 0 Å². The number of hydrogen-bond acceptors (Lipinski definition) is 1. The molecule has 2 N–H and O–H groups in total. The van der Waals surface area contributed by atoms with Gasteiger partial charge in [-0.15, -0.1) is 0 Å². The molecular formula is C12H8F3N. The Kier molecular flexibility index (Phi) is 2.56. The molecule has 0 aliphatic heterocycles. The van der Waals surface area contributed by atoms with E-state index in [4.69, 9.17) is 5.73 Å². The summed E-state index contributed by atoms with van der Waals surface area (Å²) in [5.41, 5.74) is 6.18. The minimum Gasteiger partial charge on any atom is -0.396 e. The van der Waals surface area contributed by atoms with Crippen LogP contribution >= 0.6 is 0 Å². The summed E-state index contributed by atoms with van der Waals surface area (Å²) in [5, 5.41) is 0. The molecule has 0 saturated carbocycles. The van der Waals surface area contributed by atoms with Crippen LogP contribution in [0.5, 0.6) is 0 Å². The van der Waals surface area contributed by atoms with Gasteiger partial charge >= 0.3 is 0 Å². The Hall–Kier alpha value is -1.97. The molecule has 0 heterocycles. The van der Waals surface area contributed by atoms with Crippen molar-refractivity contribution in [3.63, 3.8) is 0 Å².